The first-order chi connectivity index (χ1) is 6.83. The predicted octanol–water partition coefficient (Wildman–Crippen LogP) is 2.85. The number of hydrogen-bond acceptors (Lipinski definition) is 3. The third-order valence-corrected chi connectivity index (χ3v) is 2.30. The van der Waals surface area contributed by atoms with Gasteiger partial charge in [0.15, 0.2) is 0 Å². The van der Waals surface area contributed by atoms with E-state index in [0.29, 0.717) is 5.56 Å². The molecule has 1 rings (SSSR count). The van der Waals surface area contributed by atoms with Gasteiger partial charge in [0.05, 0.1) is 4.47 Å². The highest BCUT2D eigenvalue weighted by Gasteiger charge is 2.33. The second-order valence-corrected chi connectivity index (χ2v) is 3.69. The van der Waals surface area contributed by atoms with Gasteiger partial charge >= 0.3 is 6.36 Å². The molecular formula is C7H5BrClF3N2O. The number of aromatic nitrogens is 1. The summed E-state index contributed by atoms with van der Waals surface area (Å²) in [6, 6.07) is 1.33. The molecular weight excluding hydrogens is 300 g/mol. The van der Waals surface area contributed by atoms with Crippen LogP contribution in [-0.2, 0) is 6.54 Å². The topological polar surface area (TPSA) is 48.1 Å². The van der Waals surface area contributed by atoms with E-state index in [4.69, 9.17) is 17.3 Å². The molecule has 15 heavy (non-hydrogen) atoms. The molecule has 1 heterocycles. The zero-order chi connectivity index (χ0) is 11.6. The molecule has 1 aromatic rings. The van der Waals surface area contributed by atoms with Crippen LogP contribution >= 0.6 is 27.5 Å². The lowest BCUT2D eigenvalue weighted by molar-refractivity contribution is -0.276. The molecule has 0 unspecified atom stereocenters. The van der Waals surface area contributed by atoms with Crippen LogP contribution in [0.1, 0.15) is 5.56 Å². The van der Waals surface area contributed by atoms with E-state index in [2.05, 4.69) is 25.7 Å². The lowest BCUT2D eigenvalue weighted by Gasteiger charge is -2.10. The summed E-state index contributed by atoms with van der Waals surface area (Å²) in [5.74, 6) is -0.635. The predicted molar refractivity (Wildman–Crippen MR) is 51.5 cm³/mol. The highest BCUT2D eigenvalue weighted by Crippen LogP contribution is 2.31. The van der Waals surface area contributed by atoms with Crippen LogP contribution < -0.4 is 10.5 Å². The molecule has 0 atom stereocenters. The largest absolute Gasteiger partial charge is 0.574 e. The Morgan fingerprint density at radius 1 is 1.53 bits per heavy atom. The maximum absolute atomic E-state index is 11.9. The summed E-state index contributed by atoms with van der Waals surface area (Å²) in [7, 11) is 0. The molecule has 2 N–H and O–H groups in total. The summed E-state index contributed by atoms with van der Waals surface area (Å²) in [5.41, 5.74) is 5.72. The van der Waals surface area contributed by atoms with Gasteiger partial charge < -0.3 is 10.5 Å². The van der Waals surface area contributed by atoms with Crippen LogP contribution in [-0.4, -0.2) is 11.3 Å². The standard InChI is InChI=1S/C7H5BrClF3N2O/c8-4-1-3(2-13)5(9)14-6(4)15-7(10,11)12/h1H,2,13H2. The Balaban J connectivity index is 3.05. The maximum atomic E-state index is 11.9. The molecule has 84 valence electrons. The van der Waals surface area contributed by atoms with Crippen molar-refractivity contribution in [1.29, 1.82) is 0 Å². The highest BCUT2D eigenvalue weighted by molar-refractivity contribution is 9.10. The van der Waals surface area contributed by atoms with Gasteiger partial charge in [0.1, 0.15) is 5.15 Å². The number of alkyl halides is 3. The number of pyridine rings is 1. The summed E-state index contributed by atoms with van der Waals surface area (Å²) in [6.45, 7) is 0.0801. The summed E-state index contributed by atoms with van der Waals surface area (Å²) in [5, 5.41) is -0.111. The minimum absolute atomic E-state index is 0.0460. The molecule has 0 fully saturated rings. The monoisotopic (exact) mass is 304 g/mol. The van der Waals surface area contributed by atoms with Crippen LogP contribution in [0.15, 0.2) is 10.5 Å². The van der Waals surface area contributed by atoms with Gasteiger partial charge in [-0.3, -0.25) is 0 Å². The molecule has 0 aliphatic rings. The van der Waals surface area contributed by atoms with Crippen LogP contribution in [0, 0.1) is 0 Å². The number of hydrogen-bond donors (Lipinski definition) is 1. The Labute approximate surface area is 96.5 Å². The van der Waals surface area contributed by atoms with E-state index in [1.165, 1.54) is 6.07 Å². The summed E-state index contributed by atoms with van der Waals surface area (Å²) in [4.78, 5) is 3.43. The maximum Gasteiger partial charge on any atom is 0.574 e. The normalized spacial score (nSPS) is 11.6. The molecule has 8 heteroatoms. The van der Waals surface area contributed by atoms with Crippen LogP contribution in [0.3, 0.4) is 0 Å². The van der Waals surface area contributed by atoms with E-state index in [1.54, 1.807) is 0 Å². The second-order valence-electron chi connectivity index (χ2n) is 2.48. The molecule has 1 aromatic heterocycles. The van der Waals surface area contributed by atoms with Crippen molar-refractivity contribution < 1.29 is 17.9 Å². The van der Waals surface area contributed by atoms with Crippen LogP contribution in [0.5, 0.6) is 5.88 Å². The van der Waals surface area contributed by atoms with Gasteiger partial charge in [-0.15, -0.1) is 13.2 Å². The van der Waals surface area contributed by atoms with Gasteiger partial charge in [-0.25, -0.2) is 0 Å². The molecule has 0 spiro atoms. The van der Waals surface area contributed by atoms with Crippen molar-refractivity contribution in [3.63, 3.8) is 0 Å². The minimum atomic E-state index is -4.80. The van der Waals surface area contributed by atoms with Crippen molar-refractivity contribution in [2.75, 3.05) is 0 Å². The third-order valence-electron chi connectivity index (χ3n) is 1.40. The van der Waals surface area contributed by atoms with Crippen LogP contribution in [0.25, 0.3) is 0 Å². The van der Waals surface area contributed by atoms with E-state index in [1.807, 2.05) is 0 Å². The SMILES string of the molecule is NCc1cc(Br)c(OC(F)(F)F)nc1Cl. The molecule has 0 saturated heterocycles. The van der Waals surface area contributed by atoms with Crippen molar-refractivity contribution in [3.05, 3.63) is 21.3 Å². The molecule has 0 aliphatic carbocycles. The number of nitrogens with zero attached hydrogens (tertiary/aromatic N) is 1. The molecule has 0 radical (unpaired) electrons. The van der Waals surface area contributed by atoms with Gasteiger partial charge in [-0.05, 0) is 22.0 Å². The number of rotatable bonds is 2. The molecule has 0 bridgehead atoms. The number of ether oxygens (including phenoxy) is 1. The van der Waals surface area contributed by atoms with E-state index in [0.717, 1.165) is 0 Å². The van der Waals surface area contributed by atoms with E-state index < -0.39 is 12.2 Å². The Morgan fingerprint density at radius 2 is 2.13 bits per heavy atom. The van der Waals surface area contributed by atoms with E-state index >= 15 is 0 Å². The fraction of sp³-hybridized carbons (Fsp3) is 0.286. The fourth-order valence-electron chi connectivity index (χ4n) is 0.813. The van der Waals surface area contributed by atoms with Gasteiger partial charge in [0.25, 0.3) is 0 Å². The molecule has 0 aromatic carbocycles. The summed E-state index contributed by atoms with van der Waals surface area (Å²) in [6.07, 6.45) is -4.80. The Morgan fingerprint density at radius 3 is 2.60 bits per heavy atom. The zero-order valence-electron chi connectivity index (χ0n) is 7.11. The Kier molecular flexibility index (Phi) is 3.80. The zero-order valence-corrected chi connectivity index (χ0v) is 9.45. The highest BCUT2D eigenvalue weighted by atomic mass is 79.9. The molecule has 0 saturated carbocycles. The Hall–Kier alpha value is -0.530. The van der Waals surface area contributed by atoms with Gasteiger partial charge in [0, 0.05) is 12.1 Å². The van der Waals surface area contributed by atoms with Crippen LogP contribution in [0.2, 0.25) is 5.15 Å². The first-order valence-corrected chi connectivity index (χ1v) is 4.81. The first kappa shape index (κ1) is 12.5. The average molecular weight is 305 g/mol. The Bertz CT molecular complexity index is 372. The lowest BCUT2D eigenvalue weighted by Crippen LogP contribution is -2.18. The second kappa shape index (κ2) is 4.54. The van der Waals surface area contributed by atoms with E-state index in [-0.39, 0.29) is 16.2 Å². The van der Waals surface area contributed by atoms with Crippen molar-refractivity contribution in [1.82, 2.24) is 4.98 Å². The van der Waals surface area contributed by atoms with E-state index in [9.17, 15) is 13.2 Å². The van der Waals surface area contributed by atoms with Gasteiger partial charge in [0.2, 0.25) is 5.88 Å². The molecule has 0 aliphatic heterocycles. The van der Waals surface area contributed by atoms with Crippen molar-refractivity contribution in [2.24, 2.45) is 5.73 Å². The van der Waals surface area contributed by atoms with Crippen molar-refractivity contribution in [2.45, 2.75) is 12.9 Å². The third kappa shape index (κ3) is 3.51. The fourth-order valence-corrected chi connectivity index (χ4v) is 1.47. The number of halogens is 5. The van der Waals surface area contributed by atoms with Crippen molar-refractivity contribution >= 4 is 27.5 Å². The molecule has 0 amide bonds. The quantitative estimate of drug-likeness (QED) is 0.855. The summed E-state index contributed by atoms with van der Waals surface area (Å²) >= 11 is 8.44. The minimum Gasteiger partial charge on any atom is -0.387 e. The number of nitrogens with two attached hydrogens (primary N) is 1. The molecule has 3 nitrogen and oxygen atoms in total. The lowest BCUT2D eigenvalue weighted by atomic mass is 10.3. The van der Waals surface area contributed by atoms with Gasteiger partial charge in [-0.1, -0.05) is 11.6 Å². The smallest absolute Gasteiger partial charge is 0.387 e. The average Bonchev–Trinajstić information content (AvgIpc) is 2.08. The first-order valence-electron chi connectivity index (χ1n) is 3.64. The van der Waals surface area contributed by atoms with Gasteiger partial charge in [-0.2, -0.15) is 4.98 Å². The van der Waals surface area contributed by atoms with Crippen molar-refractivity contribution in [3.8, 4) is 5.88 Å². The summed E-state index contributed by atoms with van der Waals surface area (Å²) < 4.78 is 39.3. The van der Waals surface area contributed by atoms with Crippen LogP contribution in [0.4, 0.5) is 13.2 Å².